The van der Waals surface area contributed by atoms with Gasteiger partial charge in [-0.05, 0) is 36.2 Å². The van der Waals surface area contributed by atoms with Crippen molar-refractivity contribution in [2.45, 2.75) is 84.2 Å². The molecule has 2 aromatic rings. The third-order valence-electron chi connectivity index (χ3n) is 5.44. The molecular formula is C26H39N3O2. The number of carbonyl (C=O) groups is 1. The van der Waals surface area contributed by atoms with Crippen molar-refractivity contribution in [3.05, 3.63) is 65.5 Å². The van der Waals surface area contributed by atoms with Crippen molar-refractivity contribution in [2.75, 3.05) is 6.54 Å². The number of amides is 1. The highest BCUT2D eigenvalue weighted by Crippen LogP contribution is 2.11. The highest BCUT2D eigenvalue weighted by atomic mass is 16.5. The molecule has 31 heavy (non-hydrogen) atoms. The molecule has 2 N–H and O–H groups in total. The van der Waals surface area contributed by atoms with Gasteiger partial charge >= 0.3 is 0 Å². The number of carbonyl (C=O) groups excluding carboxylic acids is 1. The molecule has 1 heterocycles. The minimum absolute atomic E-state index is 0.0491. The predicted octanol–water partition coefficient (Wildman–Crippen LogP) is 6.12. The molecule has 0 saturated heterocycles. The Hall–Kier alpha value is -2.24. The summed E-state index contributed by atoms with van der Waals surface area (Å²) >= 11 is 0. The first-order valence-electron chi connectivity index (χ1n) is 11.9. The van der Waals surface area contributed by atoms with Crippen LogP contribution in [0.5, 0.6) is 0 Å². The molecule has 1 aromatic heterocycles. The number of benzene rings is 1. The summed E-state index contributed by atoms with van der Waals surface area (Å²) < 4.78 is 0. The summed E-state index contributed by atoms with van der Waals surface area (Å²) in [7, 11) is 0. The second-order valence-electron chi connectivity index (χ2n) is 8.28. The molecule has 0 fully saturated rings. The number of nitrogens with one attached hydrogen (secondary N) is 1. The van der Waals surface area contributed by atoms with Gasteiger partial charge in [-0.1, -0.05) is 82.9 Å². The van der Waals surface area contributed by atoms with Crippen molar-refractivity contribution in [3.8, 4) is 0 Å². The zero-order valence-electron chi connectivity index (χ0n) is 19.1. The van der Waals surface area contributed by atoms with E-state index in [4.69, 9.17) is 0 Å². The molecule has 0 aliphatic carbocycles. The summed E-state index contributed by atoms with van der Waals surface area (Å²) in [5, 5.41) is 14.4. The smallest absolute Gasteiger partial charge is 0.251 e. The van der Waals surface area contributed by atoms with Crippen LogP contribution in [0.15, 0.2) is 48.7 Å². The van der Waals surface area contributed by atoms with E-state index in [2.05, 4.69) is 17.2 Å². The van der Waals surface area contributed by atoms with Crippen molar-refractivity contribution in [2.24, 2.45) is 0 Å². The van der Waals surface area contributed by atoms with Crippen molar-refractivity contribution < 1.29 is 10.0 Å². The van der Waals surface area contributed by atoms with Crippen molar-refractivity contribution >= 4 is 5.91 Å². The zero-order valence-corrected chi connectivity index (χ0v) is 19.1. The fourth-order valence-corrected chi connectivity index (χ4v) is 3.67. The predicted molar refractivity (Wildman–Crippen MR) is 126 cm³/mol. The second-order valence-corrected chi connectivity index (χ2v) is 8.28. The number of hydrogen-bond donors (Lipinski definition) is 2. The van der Waals surface area contributed by atoms with Crippen LogP contribution in [-0.4, -0.2) is 27.7 Å². The summed E-state index contributed by atoms with van der Waals surface area (Å²) in [4.78, 5) is 16.7. The number of aromatic nitrogens is 1. The SMILES string of the molecule is CCCCCCCCCCCCNC(=O)c1cccc(CN(O)Cc2ccccn2)c1. The maximum absolute atomic E-state index is 12.4. The molecule has 0 aliphatic heterocycles. The number of hydrogen-bond acceptors (Lipinski definition) is 4. The molecule has 0 unspecified atom stereocenters. The highest BCUT2D eigenvalue weighted by molar-refractivity contribution is 5.94. The van der Waals surface area contributed by atoms with Crippen LogP contribution in [0.25, 0.3) is 0 Å². The third kappa shape index (κ3) is 11.1. The normalized spacial score (nSPS) is 11.1. The van der Waals surface area contributed by atoms with Gasteiger partial charge < -0.3 is 10.5 Å². The first-order valence-corrected chi connectivity index (χ1v) is 11.9. The van der Waals surface area contributed by atoms with Crippen molar-refractivity contribution in [1.82, 2.24) is 15.4 Å². The summed E-state index contributed by atoms with van der Waals surface area (Å²) in [6.45, 7) is 3.65. The van der Waals surface area contributed by atoms with Gasteiger partial charge in [-0.2, -0.15) is 5.06 Å². The monoisotopic (exact) mass is 425 g/mol. The Morgan fingerprint density at radius 2 is 1.61 bits per heavy atom. The highest BCUT2D eigenvalue weighted by Gasteiger charge is 2.09. The van der Waals surface area contributed by atoms with Crippen LogP contribution in [0.4, 0.5) is 0 Å². The number of pyridine rings is 1. The maximum atomic E-state index is 12.4. The lowest BCUT2D eigenvalue weighted by atomic mass is 10.1. The maximum Gasteiger partial charge on any atom is 0.251 e. The van der Waals surface area contributed by atoms with E-state index >= 15 is 0 Å². The Morgan fingerprint density at radius 3 is 2.29 bits per heavy atom. The largest absolute Gasteiger partial charge is 0.352 e. The Labute approximate surface area is 187 Å². The van der Waals surface area contributed by atoms with E-state index in [1.807, 2.05) is 42.5 Å². The summed E-state index contributed by atoms with van der Waals surface area (Å²) in [5.41, 5.74) is 2.33. The molecule has 1 amide bonds. The van der Waals surface area contributed by atoms with Crippen LogP contribution < -0.4 is 5.32 Å². The number of hydroxylamine groups is 2. The van der Waals surface area contributed by atoms with E-state index in [9.17, 15) is 10.0 Å². The molecule has 5 heteroatoms. The molecule has 1 aromatic carbocycles. The van der Waals surface area contributed by atoms with Crippen LogP contribution >= 0.6 is 0 Å². The van der Waals surface area contributed by atoms with Gasteiger partial charge in [-0.25, -0.2) is 0 Å². The molecular weight excluding hydrogens is 386 g/mol. The Morgan fingerprint density at radius 1 is 0.903 bits per heavy atom. The minimum Gasteiger partial charge on any atom is -0.352 e. The lowest BCUT2D eigenvalue weighted by molar-refractivity contribution is -0.109. The first-order chi connectivity index (χ1) is 15.2. The van der Waals surface area contributed by atoms with E-state index in [1.54, 1.807) is 6.20 Å². The number of rotatable bonds is 16. The third-order valence-corrected chi connectivity index (χ3v) is 5.44. The second kappa shape index (κ2) is 15.5. The van der Waals surface area contributed by atoms with Gasteiger partial charge in [-0.3, -0.25) is 9.78 Å². The average Bonchev–Trinajstić information content (AvgIpc) is 2.78. The summed E-state index contributed by atoms with van der Waals surface area (Å²) in [6, 6.07) is 13.1. The minimum atomic E-state index is -0.0491. The number of nitrogens with zero attached hydrogens (tertiary/aromatic N) is 2. The van der Waals surface area contributed by atoms with E-state index < -0.39 is 0 Å². The molecule has 5 nitrogen and oxygen atoms in total. The van der Waals surface area contributed by atoms with Crippen molar-refractivity contribution in [1.29, 1.82) is 0 Å². The number of unbranched alkanes of at least 4 members (excludes halogenated alkanes) is 9. The van der Waals surface area contributed by atoms with E-state index in [0.717, 1.165) is 17.7 Å². The molecule has 0 radical (unpaired) electrons. The van der Waals surface area contributed by atoms with Gasteiger partial charge in [0.25, 0.3) is 5.91 Å². The van der Waals surface area contributed by atoms with E-state index in [-0.39, 0.29) is 5.91 Å². The zero-order chi connectivity index (χ0) is 22.2. The van der Waals surface area contributed by atoms with E-state index in [0.29, 0.717) is 25.2 Å². The van der Waals surface area contributed by atoms with Gasteiger partial charge in [0, 0.05) is 24.8 Å². The standard InChI is InChI=1S/C26H39N3O2/c1-2-3-4-5-6-7-8-9-10-12-19-28-26(30)24-16-14-15-23(20-24)21-29(31)22-25-17-11-13-18-27-25/h11,13-18,20,31H,2-10,12,19,21-22H2,1H3,(H,28,30). The average molecular weight is 426 g/mol. The molecule has 170 valence electrons. The lowest BCUT2D eigenvalue weighted by Crippen LogP contribution is -2.25. The fourth-order valence-electron chi connectivity index (χ4n) is 3.67. The molecule has 0 saturated carbocycles. The molecule has 0 bridgehead atoms. The quantitative estimate of drug-likeness (QED) is 0.251. The Kier molecular flexibility index (Phi) is 12.5. The lowest BCUT2D eigenvalue weighted by Gasteiger charge is -2.15. The molecule has 0 aliphatic rings. The van der Waals surface area contributed by atoms with Gasteiger partial charge in [0.05, 0.1) is 12.2 Å². The van der Waals surface area contributed by atoms with Gasteiger partial charge in [0.15, 0.2) is 0 Å². The van der Waals surface area contributed by atoms with E-state index in [1.165, 1.54) is 62.9 Å². The Bertz CT molecular complexity index is 736. The van der Waals surface area contributed by atoms with Crippen molar-refractivity contribution in [3.63, 3.8) is 0 Å². The van der Waals surface area contributed by atoms with Gasteiger partial charge in [0.2, 0.25) is 0 Å². The molecule has 0 spiro atoms. The summed E-state index contributed by atoms with van der Waals surface area (Å²) in [5.74, 6) is -0.0491. The van der Waals surface area contributed by atoms with Gasteiger partial charge in [-0.15, -0.1) is 0 Å². The fraction of sp³-hybridized carbons (Fsp3) is 0.538. The molecule has 0 atom stereocenters. The molecule has 2 rings (SSSR count). The first kappa shape index (κ1) is 25.0. The van der Waals surface area contributed by atoms with Crippen LogP contribution in [0.2, 0.25) is 0 Å². The van der Waals surface area contributed by atoms with Crippen LogP contribution in [0, 0.1) is 0 Å². The topological polar surface area (TPSA) is 65.5 Å². The van der Waals surface area contributed by atoms with Crippen LogP contribution in [0.3, 0.4) is 0 Å². The Balaban J connectivity index is 1.60. The van der Waals surface area contributed by atoms with Crippen LogP contribution in [-0.2, 0) is 13.1 Å². The van der Waals surface area contributed by atoms with Gasteiger partial charge in [0.1, 0.15) is 0 Å². The summed E-state index contributed by atoms with van der Waals surface area (Å²) in [6.07, 6.45) is 14.6. The van der Waals surface area contributed by atoms with Crippen LogP contribution in [0.1, 0.15) is 92.7 Å².